The molecule has 0 aliphatic heterocycles. The van der Waals surface area contributed by atoms with E-state index >= 15 is 0 Å². The first-order valence-corrected chi connectivity index (χ1v) is 27.5. The van der Waals surface area contributed by atoms with Gasteiger partial charge in [0.2, 0.25) is 3.79 Å². The zero-order chi connectivity index (χ0) is 43.8. The number of ether oxygens (including phenoxy) is 2. The van der Waals surface area contributed by atoms with Crippen molar-refractivity contribution in [1.29, 1.82) is 0 Å². The Morgan fingerprint density at radius 3 is 1.93 bits per heavy atom. The highest BCUT2D eigenvalue weighted by molar-refractivity contribution is 7.09. The van der Waals surface area contributed by atoms with Crippen LogP contribution in [0.5, 0.6) is 0 Å². The first-order valence-electron chi connectivity index (χ1n) is 20.4. The highest BCUT2D eigenvalue weighted by Crippen LogP contribution is 2.38. The van der Waals surface area contributed by atoms with E-state index in [-0.39, 0.29) is 24.2 Å². The van der Waals surface area contributed by atoms with Crippen LogP contribution < -0.4 is 0 Å². The van der Waals surface area contributed by atoms with Crippen molar-refractivity contribution in [3.8, 4) is 0 Å². The summed E-state index contributed by atoms with van der Waals surface area (Å²) in [5.41, 5.74) is 1.91. The van der Waals surface area contributed by atoms with Gasteiger partial charge in [0.1, 0.15) is 18.5 Å². The number of aliphatic carboxylic acids is 1. The Morgan fingerprint density at radius 1 is 0.912 bits per heavy atom. The van der Waals surface area contributed by atoms with E-state index in [0.717, 1.165) is 58.1 Å². The fourth-order valence-corrected chi connectivity index (χ4v) is 13.8. The Morgan fingerprint density at radius 2 is 1.46 bits per heavy atom. The van der Waals surface area contributed by atoms with Gasteiger partial charge in [-0.15, -0.1) is 11.3 Å². The SMILES string of the molecule is CC[Si](CC)(CC)OC(CC(=O)O)C(C)(C)C(=O)C(C)[C@@H](OC(=O)OCC(Cl)(Cl)Cl)[C@@H](C)C/C=C/C(C)=C\C[C@H](O[Si](CC)(CC)CC)/C(C)=C/c1csc(C)n1. The number of nitrogens with zero attached hydrogens (tertiary/aromatic N) is 1. The van der Waals surface area contributed by atoms with Crippen molar-refractivity contribution in [2.45, 2.75) is 168 Å². The molecule has 0 spiro atoms. The number of thiazole rings is 1. The zero-order valence-corrected chi connectivity index (χ0v) is 41.7. The molecule has 0 radical (unpaired) electrons. The standard InChI is InChI=1S/C42H70Cl3NO8SSi2/c1-14-56(15-2,16-3)53-35(31(9)25-34-27-55-33(11)46-34)24-23-29(7)21-20-22-30(8)38(52-40(50)51-28-42(43,44)45)32(10)39(49)41(12,13)36(26-37(47)48)54-57(17-4,18-5)19-6/h20-21,23,25,27,30,32,35-36,38H,14-19,22,24,26,28H2,1-13H3,(H,47,48)/b21-20+,29-23-,31-25+/t30-,32?,35-,36?,38-/m0/s1. The molecule has 9 nitrogen and oxygen atoms in total. The second kappa shape index (κ2) is 24.7. The third-order valence-corrected chi connectivity index (χ3v) is 22.0. The van der Waals surface area contributed by atoms with E-state index in [0.29, 0.717) is 12.8 Å². The third-order valence-electron chi connectivity index (χ3n) is 11.6. The normalized spacial score (nSPS) is 16.3. The maximum atomic E-state index is 14.5. The summed E-state index contributed by atoms with van der Waals surface area (Å²) in [6.07, 6.45) is 6.20. The summed E-state index contributed by atoms with van der Waals surface area (Å²) >= 11 is 19.1. The average Bonchev–Trinajstić information content (AvgIpc) is 3.57. The molecule has 0 fully saturated rings. The molecule has 2 unspecified atom stereocenters. The van der Waals surface area contributed by atoms with Crippen LogP contribution in [0.15, 0.2) is 34.8 Å². The van der Waals surface area contributed by atoms with Gasteiger partial charge in [-0.25, -0.2) is 9.78 Å². The highest BCUT2D eigenvalue weighted by Gasteiger charge is 2.47. The smallest absolute Gasteiger partial charge is 0.481 e. The van der Waals surface area contributed by atoms with Gasteiger partial charge in [0.05, 0.1) is 35.2 Å². The summed E-state index contributed by atoms with van der Waals surface area (Å²) in [6.45, 7) is 25.5. The minimum Gasteiger partial charge on any atom is -0.481 e. The van der Waals surface area contributed by atoms with Gasteiger partial charge in [-0.3, -0.25) is 9.59 Å². The van der Waals surface area contributed by atoms with Gasteiger partial charge < -0.3 is 23.4 Å². The molecule has 1 aromatic rings. The van der Waals surface area contributed by atoms with E-state index < -0.39 is 62.7 Å². The Hall–Kier alpha value is -1.52. The van der Waals surface area contributed by atoms with Crippen LogP contribution in [0.1, 0.15) is 113 Å². The molecule has 1 N–H and O–H groups in total. The number of ketones is 1. The summed E-state index contributed by atoms with van der Waals surface area (Å²) in [5, 5.41) is 13.0. The van der Waals surface area contributed by atoms with Crippen molar-refractivity contribution in [2.24, 2.45) is 17.3 Å². The van der Waals surface area contributed by atoms with E-state index in [1.165, 1.54) is 0 Å². The molecule has 0 aromatic carbocycles. The second-order valence-corrected chi connectivity index (χ2v) is 28.9. The lowest BCUT2D eigenvalue weighted by atomic mass is 9.73. The summed E-state index contributed by atoms with van der Waals surface area (Å²) in [4.78, 5) is 44.1. The Labute approximate surface area is 364 Å². The number of carboxylic acids is 1. The van der Waals surface area contributed by atoms with E-state index in [2.05, 4.69) is 71.0 Å². The molecule has 1 rings (SSSR count). The van der Waals surface area contributed by atoms with Crippen molar-refractivity contribution in [2.75, 3.05) is 6.61 Å². The maximum Gasteiger partial charge on any atom is 0.508 e. The van der Waals surface area contributed by atoms with E-state index in [1.807, 2.05) is 32.9 Å². The van der Waals surface area contributed by atoms with Gasteiger partial charge in [-0.05, 0) is 87.4 Å². The molecule has 1 aromatic heterocycles. The summed E-state index contributed by atoms with van der Waals surface area (Å²) in [7, 11) is -4.23. The summed E-state index contributed by atoms with van der Waals surface area (Å²) in [5.74, 6) is -2.54. The van der Waals surface area contributed by atoms with E-state index in [9.17, 15) is 19.5 Å². The van der Waals surface area contributed by atoms with Gasteiger partial charge in [-0.2, -0.15) is 0 Å². The molecule has 0 saturated carbocycles. The number of aryl methyl sites for hydroxylation is 1. The van der Waals surface area contributed by atoms with Crippen LogP contribution in [-0.2, 0) is 27.9 Å². The predicted octanol–water partition coefficient (Wildman–Crippen LogP) is 13.2. The molecule has 0 saturated heterocycles. The average molecular weight is 912 g/mol. The lowest BCUT2D eigenvalue weighted by Gasteiger charge is -2.42. The van der Waals surface area contributed by atoms with Crippen molar-refractivity contribution in [3.63, 3.8) is 0 Å². The van der Waals surface area contributed by atoms with Gasteiger partial charge in [-0.1, -0.05) is 128 Å². The van der Waals surface area contributed by atoms with Crippen LogP contribution in [0, 0.1) is 24.2 Å². The fourth-order valence-electron chi connectivity index (χ4n) is 7.16. The molecular weight excluding hydrogens is 841 g/mol. The lowest BCUT2D eigenvalue weighted by molar-refractivity contribution is -0.146. The van der Waals surface area contributed by atoms with Crippen molar-refractivity contribution >= 4 is 86.8 Å². The fraction of sp³-hybridized carbons (Fsp3) is 0.714. The Balaban J connectivity index is 3.43. The molecule has 0 amide bonds. The van der Waals surface area contributed by atoms with Crippen LogP contribution in [0.2, 0.25) is 36.3 Å². The molecule has 57 heavy (non-hydrogen) atoms. The second-order valence-electron chi connectivity index (χ2n) is 15.9. The Kier molecular flexibility index (Phi) is 23.2. The number of halogens is 3. The van der Waals surface area contributed by atoms with E-state index in [1.54, 1.807) is 32.1 Å². The number of alkyl halides is 3. The molecule has 0 aliphatic carbocycles. The van der Waals surface area contributed by atoms with Crippen LogP contribution >= 0.6 is 46.1 Å². The van der Waals surface area contributed by atoms with Gasteiger partial charge in [0, 0.05) is 10.8 Å². The number of Topliss-reactive ketones (excluding diaryl/α,β-unsaturated/α-hetero) is 1. The quantitative estimate of drug-likeness (QED) is 0.0419. The molecular formula is C42H70Cl3NO8SSi2. The molecule has 0 bridgehead atoms. The minimum absolute atomic E-state index is 0.0822. The van der Waals surface area contributed by atoms with Crippen LogP contribution in [0.25, 0.3) is 6.08 Å². The number of rotatable bonds is 26. The minimum atomic E-state index is -2.31. The van der Waals surface area contributed by atoms with Crippen LogP contribution in [0.3, 0.4) is 0 Å². The maximum absolute atomic E-state index is 14.5. The largest absolute Gasteiger partial charge is 0.508 e. The number of carbonyl (C=O) groups is 3. The molecule has 5 atom stereocenters. The van der Waals surface area contributed by atoms with Crippen molar-refractivity contribution in [1.82, 2.24) is 4.98 Å². The molecule has 326 valence electrons. The number of carbonyl (C=O) groups excluding carboxylic acids is 2. The summed E-state index contributed by atoms with van der Waals surface area (Å²) < 4.78 is 22.8. The first kappa shape index (κ1) is 53.5. The third kappa shape index (κ3) is 17.5. The lowest BCUT2D eigenvalue weighted by Crippen LogP contribution is -2.51. The zero-order valence-electron chi connectivity index (χ0n) is 36.6. The van der Waals surface area contributed by atoms with Crippen LogP contribution in [0.4, 0.5) is 4.79 Å². The van der Waals surface area contributed by atoms with Gasteiger partial charge >= 0.3 is 12.1 Å². The number of hydrogen-bond donors (Lipinski definition) is 1. The number of aromatic nitrogens is 1. The molecule has 1 heterocycles. The highest BCUT2D eigenvalue weighted by atomic mass is 35.6. The Bertz CT molecular complexity index is 1500. The topological polar surface area (TPSA) is 121 Å². The van der Waals surface area contributed by atoms with Crippen LogP contribution in [-0.4, -0.2) is 73.3 Å². The number of allylic oxidation sites excluding steroid dienone is 3. The van der Waals surface area contributed by atoms with Gasteiger partial charge in [0.15, 0.2) is 16.6 Å². The van der Waals surface area contributed by atoms with Crippen molar-refractivity contribution < 1.29 is 37.8 Å². The summed E-state index contributed by atoms with van der Waals surface area (Å²) in [6, 6.07) is 5.53. The van der Waals surface area contributed by atoms with E-state index in [4.69, 9.17) is 53.1 Å². The molecule has 0 aliphatic rings. The van der Waals surface area contributed by atoms with Gasteiger partial charge in [0.25, 0.3) is 0 Å². The van der Waals surface area contributed by atoms with Crippen molar-refractivity contribution in [3.05, 3.63) is 45.5 Å². The monoisotopic (exact) mass is 909 g/mol. The first-order chi connectivity index (χ1) is 26.5. The number of carboxylic acid groups (broad SMARTS) is 1. The molecule has 15 heteroatoms. The predicted molar refractivity (Wildman–Crippen MR) is 243 cm³/mol. The number of hydrogen-bond acceptors (Lipinski definition) is 9.